The lowest BCUT2D eigenvalue weighted by molar-refractivity contribution is -0.120. The normalized spacial score (nSPS) is 23.5. The molecule has 0 radical (unpaired) electrons. The van der Waals surface area contributed by atoms with Crippen LogP contribution in [0.3, 0.4) is 0 Å². The molecule has 0 bridgehead atoms. The summed E-state index contributed by atoms with van der Waals surface area (Å²) < 4.78 is 1.71. The molecule has 2 aliphatic rings. The zero-order valence-electron chi connectivity index (χ0n) is 9.90. The Bertz CT molecular complexity index is 500. The van der Waals surface area contributed by atoms with Gasteiger partial charge in [-0.2, -0.15) is 5.10 Å². The molecule has 1 aromatic rings. The van der Waals surface area contributed by atoms with Gasteiger partial charge in [0.25, 0.3) is 5.91 Å². The number of rotatable bonds is 2. The van der Waals surface area contributed by atoms with Gasteiger partial charge in [-0.25, -0.2) is 4.99 Å². The Balaban J connectivity index is 1.84. The molecule has 1 saturated carbocycles. The number of aryl methyl sites for hydroxylation is 2. The molecule has 0 saturated heterocycles. The fourth-order valence-electron chi connectivity index (χ4n) is 2.00. The van der Waals surface area contributed by atoms with Crippen molar-refractivity contribution in [3.8, 4) is 0 Å². The average molecular weight is 233 g/mol. The Kier molecular flexibility index (Phi) is 2.17. The predicted molar refractivity (Wildman–Crippen MR) is 62.4 cm³/mol. The van der Waals surface area contributed by atoms with Gasteiger partial charge in [0, 0.05) is 24.8 Å². The van der Waals surface area contributed by atoms with E-state index in [0.717, 1.165) is 24.1 Å². The van der Waals surface area contributed by atoms with E-state index in [4.69, 9.17) is 0 Å². The maximum Gasteiger partial charge on any atom is 0.256 e. The minimum absolute atomic E-state index is 0.0794. The second-order valence-corrected chi connectivity index (χ2v) is 4.63. The van der Waals surface area contributed by atoms with Gasteiger partial charge < -0.3 is 5.32 Å². The van der Waals surface area contributed by atoms with Crippen LogP contribution in [0.1, 0.15) is 30.1 Å². The quantitative estimate of drug-likeness (QED) is 0.755. The van der Waals surface area contributed by atoms with Gasteiger partial charge in [0.1, 0.15) is 0 Å². The maximum atomic E-state index is 11.8. The smallest absolute Gasteiger partial charge is 0.256 e. The van der Waals surface area contributed by atoms with Gasteiger partial charge in [0.2, 0.25) is 0 Å². The van der Waals surface area contributed by atoms with Gasteiger partial charge in [-0.3, -0.25) is 14.8 Å². The van der Waals surface area contributed by atoms with E-state index in [1.54, 1.807) is 4.68 Å². The third kappa shape index (κ3) is 1.90. The predicted octanol–water partition coefficient (Wildman–Crippen LogP) is 0.00742. The molecule has 2 heterocycles. The van der Waals surface area contributed by atoms with Crippen molar-refractivity contribution in [2.75, 3.05) is 0 Å². The van der Waals surface area contributed by atoms with Crippen LogP contribution in [0.5, 0.6) is 0 Å². The first-order chi connectivity index (χ1) is 8.13. The van der Waals surface area contributed by atoms with Crippen LogP contribution in [-0.4, -0.2) is 27.7 Å². The number of guanidine groups is 1. The zero-order chi connectivity index (χ0) is 12.0. The van der Waals surface area contributed by atoms with E-state index in [1.165, 1.54) is 0 Å². The fourth-order valence-corrected chi connectivity index (χ4v) is 2.00. The van der Waals surface area contributed by atoms with Crippen molar-refractivity contribution in [3.63, 3.8) is 0 Å². The largest absolute Gasteiger partial charge is 0.353 e. The molecule has 1 amide bonds. The van der Waals surface area contributed by atoms with E-state index in [-0.39, 0.29) is 5.91 Å². The second kappa shape index (κ2) is 3.58. The molecule has 0 aromatic carbocycles. The summed E-state index contributed by atoms with van der Waals surface area (Å²) in [6.07, 6.45) is 4.17. The molecule has 1 atom stereocenters. The number of amides is 1. The summed E-state index contributed by atoms with van der Waals surface area (Å²) in [4.78, 5) is 16.2. The Morgan fingerprint density at radius 3 is 2.88 bits per heavy atom. The van der Waals surface area contributed by atoms with Crippen molar-refractivity contribution < 1.29 is 4.79 Å². The van der Waals surface area contributed by atoms with Crippen molar-refractivity contribution in [2.45, 2.75) is 31.8 Å². The van der Waals surface area contributed by atoms with Crippen LogP contribution in [0.15, 0.2) is 11.2 Å². The standard InChI is InChI=1S/C11H15N5O/c1-6-8(5-16(2)15-6)9-10(17)14-11(13-9)12-7-3-4-7/h5,7,9H,3-4H2,1-2H3,(H2,12,13,14,17). The van der Waals surface area contributed by atoms with Crippen LogP contribution in [0.25, 0.3) is 0 Å². The molecule has 2 N–H and O–H groups in total. The van der Waals surface area contributed by atoms with Crippen LogP contribution in [0, 0.1) is 6.92 Å². The molecule has 1 fully saturated rings. The molecular weight excluding hydrogens is 218 g/mol. The summed E-state index contributed by atoms with van der Waals surface area (Å²) in [7, 11) is 1.84. The first-order valence-electron chi connectivity index (χ1n) is 5.79. The third-order valence-corrected chi connectivity index (χ3v) is 3.01. The Morgan fingerprint density at radius 2 is 2.29 bits per heavy atom. The van der Waals surface area contributed by atoms with E-state index in [2.05, 4.69) is 20.7 Å². The highest BCUT2D eigenvalue weighted by Gasteiger charge is 2.32. The Morgan fingerprint density at radius 1 is 1.53 bits per heavy atom. The monoisotopic (exact) mass is 233 g/mol. The summed E-state index contributed by atoms with van der Waals surface area (Å²) >= 11 is 0. The summed E-state index contributed by atoms with van der Waals surface area (Å²) in [6.45, 7) is 1.89. The van der Waals surface area contributed by atoms with Crippen molar-refractivity contribution in [2.24, 2.45) is 12.0 Å². The van der Waals surface area contributed by atoms with Crippen LogP contribution < -0.4 is 10.6 Å². The lowest BCUT2D eigenvalue weighted by atomic mass is 10.1. The lowest BCUT2D eigenvalue weighted by Crippen LogP contribution is -2.37. The molecule has 3 rings (SSSR count). The van der Waals surface area contributed by atoms with Gasteiger partial charge in [-0.15, -0.1) is 0 Å². The molecule has 17 heavy (non-hydrogen) atoms. The number of nitrogens with zero attached hydrogens (tertiary/aromatic N) is 3. The molecule has 1 aromatic heterocycles. The highest BCUT2D eigenvalue weighted by atomic mass is 16.2. The van der Waals surface area contributed by atoms with E-state index in [9.17, 15) is 4.79 Å². The van der Waals surface area contributed by atoms with Gasteiger partial charge >= 0.3 is 0 Å². The molecule has 6 heteroatoms. The number of nitrogens with one attached hydrogen (secondary N) is 2. The van der Waals surface area contributed by atoms with E-state index >= 15 is 0 Å². The van der Waals surface area contributed by atoms with E-state index in [0.29, 0.717) is 12.0 Å². The third-order valence-electron chi connectivity index (χ3n) is 3.01. The lowest BCUT2D eigenvalue weighted by Gasteiger charge is -2.01. The molecule has 0 spiro atoms. The van der Waals surface area contributed by atoms with Gasteiger partial charge in [-0.05, 0) is 19.8 Å². The number of aliphatic imine (C=N–C) groups is 1. The van der Waals surface area contributed by atoms with E-state index in [1.807, 2.05) is 20.2 Å². The first kappa shape index (κ1) is 10.3. The van der Waals surface area contributed by atoms with Gasteiger partial charge in [-0.1, -0.05) is 0 Å². The topological polar surface area (TPSA) is 71.3 Å². The SMILES string of the molecule is Cc1nn(C)cc1C1N=C(NC2CC2)NC1=O. The van der Waals surface area contributed by atoms with Crippen molar-refractivity contribution in [3.05, 3.63) is 17.5 Å². The van der Waals surface area contributed by atoms with Crippen molar-refractivity contribution in [1.82, 2.24) is 20.4 Å². The van der Waals surface area contributed by atoms with Gasteiger partial charge in [0.05, 0.1) is 5.69 Å². The summed E-state index contributed by atoms with van der Waals surface area (Å²) in [6, 6.07) is 0.0349. The van der Waals surface area contributed by atoms with Crippen LogP contribution in [0.4, 0.5) is 0 Å². The Hall–Kier alpha value is -1.85. The van der Waals surface area contributed by atoms with Gasteiger partial charge in [0.15, 0.2) is 12.0 Å². The molecule has 1 unspecified atom stereocenters. The van der Waals surface area contributed by atoms with Crippen molar-refractivity contribution >= 4 is 11.9 Å². The van der Waals surface area contributed by atoms with Crippen molar-refractivity contribution in [1.29, 1.82) is 0 Å². The van der Waals surface area contributed by atoms with Crippen LogP contribution in [-0.2, 0) is 11.8 Å². The first-order valence-corrected chi connectivity index (χ1v) is 5.79. The van der Waals surface area contributed by atoms with Crippen LogP contribution >= 0.6 is 0 Å². The fraction of sp³-hybridized carbons (Fsp3) is 0.545. The second-order valence-electron chi connectivity index (χ2n) is 4.63. The number of carbonyl (C=O) groups excluding carboxylic acids is 1. The highest BCUT2D eigenvalue weighted by molar-refractivity contribution is 6.05. The zero-order valence-corrected chi connectivity index (χ0v) is 9.90. The van der Waals surface area contributed by atoms with E-state index < -0.39 is 6.04 Å². The molecule has 90 valence electrons. The summed E-state index contributed by atoms with van der Waals surface area (Å²) in [5, 5.41) is 10.2. The molecule has 6 nitrogen and oxygen atoms in total. The summed E-state index contributed by atoms with van der Waals surface area (Å²) in [5.74, 6) is 0.523. The highest BCUT2D eigenvalue weighted by Crippen LogP contribution is 2.25. The number of hydrogen-bond donors (Lipinski definition) is 2. The number of carbonyl (C=O) groups is 1. The number of hydrogen-bond acceptors (Lipinski definition) is 4. The number of aromatic nitrogens is 2. The molecule has 1 aliphatic carbocycles. The molecule has 1 aliphatic heterocycles. The minimum Gasteiger partial charge on any atom is -0.353 e. The summed E-state index contributed by atoms with van der Waals surface area (Å²) in [5.41, 5.74) is 1.72. The van der Waals surface area contributed by atoms with Crippen LogP contribution in [0.2, 0.25) is 0 Å². The maximum absolute atomic E-state index is 11.8. The average Bonchev–Trinajstić information content (AvgIpc) is 2.90. The minimum atomic E-state index is -0.454. The molecular formula is C11H15N5O. The Labute approximate surface area is 99.1 Å².